The topological polar surface area (TPSA) is 29.5 Å². The molecule has 0 aromatic rings. The van der Waals surface area contributed by atoms with Crippen LogP contribution in [-0.4, -0.2) is 24.4 Å². The lowest BCUT2D eigenvalue weighted by Gasteiger charge is -2.12. The van der Waals surface area contributed by atoms with E-state index in [2.05, 4.69) is 26.0 Å². The maximum absolute atomic E-state index is 8.66. The van der Waals surface area contributed by atoms with Gasteiger partial charge < -0.3 is 9.84 Å². The Kier molecular flexibility index (Phi) is 10.5. The van der Waals surface area contributed by atoms with E-state index in [4.69, 9.17) is 9.84 Å². The first kappa shape index (κ1) is 13.7. The van der Waals surface area contributed by atoms with E-state index in [1.54, 1.807) is 0 Å². The third kappa shape index (κ3) is 8.27. The van der Waals surface area contributed by atoms with Gasteiger partial charge in [0, 0.05) is 0 Å². The van der Waals surface area contributed by atoms with Gasteiger partial charge in [-0.25, -0.2) is 0 Å². The van der Waals surface area contributed by atoms with Crippen LogP contribution < -0.4 is 0 Å². The number of unbranched alkanes of at least 4 members (excludes halogenated alkanes) is 2. The van der Waals surface area contributed by atoms with E-state index in [0.29, 0.717) is 6.61 Å². The van der Waals surface area contributed by atoms with Gasteiger partial charge >= 0.3 is 0 Å². The third-order valence-electron chi connectivity index (χ3n) is 2.07. The number of rotatable bonds is 9. The van der Waals surface area contributed by atoms with Crippen molar-refractivity contribution in [1.29, 1.82) is 0 Å². The lowest BCUT2D eigenvalue weighted by Crippen LogP contribution is -2.12. The summed E-state index contributed by atoms with van der Waals surface area (Å²) in [4.78, 5) is 0. The van der Waals surface area contributed by atoms with Crippen molar-refractivity contribution in [1.82, 2.24) is 0 Å². The average molecular weight is 200 g/mol. The van der Waals surface area contributed by atoms with Gasteiger partial charge in [-0.15, -0.1) is 0 Å². The Balaban J connectivity index is 3.71. The maximum atomic E-state index is 8.66. The van der Waals surface area contributed by atoms with Gasteiger partial charge in [0.15, 0.2) is 0 Å². The fourth-order valence-electron chi connectivity index (χ4n) is 1.26. The molecule has 2 heteroatoms. The summed E-state index contributed by atoms with van der Waals surface area (Å²) in [6.45, 7) is 4.91. The van der Waals surface area contributed by atoms with Gasteiger partial charge in [-0.05, 0) is 12.8 Å². The van der Waals surface area contributed by atoms with E-state index in [1.165, 1.54) is 19.3 Å². The standard InChI is InChI=1S/C12H24O2/c1-3-5-7-9-12(8-6-4-2)14-11-10-13/h7,9,12-13H,3-6,8,10-11H2,1-2H3/b9-7+. The van der Waals surface area contributed by atoms with E-state index >= 15 is 0 Å². The van der Waals surface area contributed by atoms with E-state index < -0.39 is 0 Å². The van der Waals surface area contributed by atoms with Gasteiger partial charge in [0.05, 0.1) is 19.3 Å². The Labute approximate surface area is 88.0 Å². The molecule has 0 fully saturated rings. The summed E-state index contributed by atoms with van der Waals surface area (Å²) in [5, 5.41) is 8.66. The highest BCUT2D eigenvalue weighted by atomic mass is 16.5. The quantitative estimate of drug-likeness (QED) is 0.580. The van der Waals surface area contributed by atoms with Gasteiger partial charge in [0.25, 0.3) is 0 Å². The Hall–Kier alpha value is -0.340. The number of allylic oxidation sites excluding steroid dienone is 1. The van der Waals surface area contributed by atoms with Crippen molar-refractivity contribution < 1.29 is 9.84 Å². The number of aliphatic hydroxyl groups is 1. The minimum Gasteiger partial charge on any atom is -0.394 e. The van der Waals surface area contributed by atoms with Crippen LogP contribution in [0.1, 0.15) is 46.0 Å². The first-order chi connectivity index (χ1) is 6.85. The average Bonchev–Trinajstić information content (AvgIpc) is 2.21. The number of ether oxygens (including phenoxy) is 1. The molecule has 0 spiro atoms. The summed E-state index contributed by atoms with van der Waals surface area (Å²) in [6.07, 6.45) is 10.3. The predicted octanol–water partition coefficient (Wildman–Crippen LogP) is 2.91. The molecular weight excluding hydrogens is 176 g/mol. The fraction of sp³-hybridized carbons (Fsp3) is 0.833. The van der Waals surface area contributed by atoms with Crippen LogP contribution in [0.4, 0.5) is 0 Å². The van der Waals surface area contributed by atoms with Crippen molar-refractivity contribution in [3.63, 3.8) is 0 Å². The van der Waals surface area contributed by atoms with Crippen LogP contribution in [0.2, 0.25) is 0 Å². The Bertz CT molecular complexity index is 124. The summed E-state index contributed by atoms with van der Waals surface area (Å²) in [5.41, 5.74) is 0. The van der Waals surface area contributed by atoms with Crippen molar-refractivity contribution in [3.05, 3.63) is 12.2 Å². The highest BCUT2D eigenvalue weighted by Gasteiger charge is 2.02. The predicted molar refractivity (Wildman–Crippen MR) is 60.4 cm³/mol. The molecule has 2 nitrogen and oxygen atoms in total. The molecule has 0 heterocycles. The number of hydrogen-bond donors (Lipinski definition) is 1. The molecule has 0 bridgehead atoms. The molecule has 0 aliphatic heterocycles. The third-order valence-corrected chi connectivity index (χ3v) is 2.07. The van der Waals surface area contributed by atoms with Crippen LogP contribution in [0.25, 0.3) is 0 Å². The number of aliphatic hydroxyl groups excluding tert-OH is 1. The monoisotopic (exact) mass is 200 g/mol. The van der Waals surface area contributed by atoms with Crippen LogP contribution in [-0.2, 0) is 4.74 Å². The molecule has 84 valence electrons. The second kappa shape index (κ2) is 10.7. The molecule has 0 aromatic heterocycles. The molecule has 14 heavy (non-hydrogen) atoms. The molecule has 0 aliphatic carbocycles. The Morgan fingerprint density at radius 3 is 2.64 bits per heavy atom. The molecule has 1 N–H and O–H groups in total. The Morgan fingerprint density at radius 1 is 1.29 bits per heavy atom. The van der Waals surface area contributed by atoms with Gasteiger partial charge in [-0.2, -0.15) is 0 Å². The van der Waals surface area contributed by atoms with Gasteiger partial charge in [-0.3, -0.25) is 0 Å². The maximum Gasteiger partial charge on any atom is 0.0757 e. The molecule has 1 atom stereocenters. The summed E-state index contributed by atoms with van der Waals surface area (Å²) in [5.74, 6) is 0. The lowest BCUT2D eigenvalue weighted by atomic mass is 10.1. The molecule has 0 rings (SSSR count). The minimum absolute atomic E-state index is 0.115. The normalized spacial score (nSPS) is 13.6. The van der Waals surface area contributed by atoms with Gasteiger partial charge in [-0.1, -0.05) is 45.3 Å². The zero-order valence-corrected chi connectivity index (χ0v) is 9.54. The lowest BCUT2D eigenvalue weighted by molar-refractivity contribution is 0.0491. The summed E-state index contributed by atoms with van der Waals surface area (Å²) in [7, 11) is 0. The molecular formula is C12H24O2. The number of hydrogen-bond acceptors (Lipinski definition) is 2. The van der Waals surface area contributed by atoms with Crippen molar-refractivity contribution in [3.8, 4) is 0 Å². The molecule has 0 aliphatic rings. The molecule has 0 radical (unpaired) electrons. The highest BCUT2D eigenvalue weighted by molar-refractivity contribution is 4.89. The van der Waals surface area contributed by atoms with E-state index in [1.807, 2.05) is 0 Å². The fourth-order valence-corrected chi connectivity index (χ4v) is 1.26. The molecule has 0 saturated carbocycles. The molecule has 0 saturated heterocycles. The summed E-state index contributed by atoms with van der Waals surface area (Å²) in [6, 6.07) is 0. The van der Waals surface area contributed by atoms with Crippen molar-refractivity contribution >= 4 is 0 Å². The van der Waals surface area contributed by atoms with Crippen LogP contribution >= 0.6 is 0 Å². The SMILES string of the molecule is CCC/C=C/C(CCCC)OCCO. The van der Waals surface area contributed by atoms with Crippen LogP contribution in [0.15, 0.2) is 12.2 Å². The van der Waals surface area contributed by atoms with E-state index in [-0.39, 0.29) is 12.7 Å². The van der Waals surface area contributed by atoms with E-state index in [0.717, 1.165) is 12.8 Å². The molecule has 0 aromatic carbocycles. The van der Waals surface area contributed by atoms with Gasteiger partial charge in [0.2, 0.25) is 0 Å². The second-order valence-corrected chi connectivity index (χ2v) is 3.49. The minimum atomic E-state index is 0.115. The zero-order valence-electron chi connectivity index (χ0n) is 9.54. The zero-order chi connectivity index (χ0) is 10.6. The van der Waals surface area contributed by atoms with E-state index in [9.17, 15) is 0 Å². The largest absolute Gasteiger partial charge is 0.394 e. The van der Waals surface area contributed by atoms with Crippen molar-refractivity contribution in [2.24, 2.45) is 0 Å². The van der Waals surface area contributed by atoms with Crippen molar-refractivity contribution in [2.45, 2.75) is 52.1 Å². The first-order valence-electron chi connectivity index (χ1n) is 5.74. The van der Waals surface area contributed by atoms with Crippen LogP contribution in [0.3, 0.4) is 0 Å². The second-order valence-electron chi connectivity index (χ2n) is 3.49. The summed E-state index contributed by atoms with van der Waals surface area (Å²) >= 11 is 0. The Morgan fingerprint density at radius 2 is 2.07 bits per heavy atom. The smallest absolute Gasteiger partial charge is 0.0757 e. The highest BCUT2D eigenvalue weighted by Crippen LogP contribution is 2.07. The molecule has 0 amide bonds. The first-order valence-corrected chi connectivity index (χ1v) is 5.74. The van der Waals surface area contributed by atoms with Crippen LogP contribution in [0, 0.1) is 0 Å². The van der Waals surface area contributed by atoms with Gasteiger partial charge in [0.1, 0.15) is 0 Å². The van der Waals surface area contributed by atoms with Crippen molar-refractivity contribution in [2.75, 3.05) is 13.2 Å². The van der Waals surface area contributed by atoms with Crippen LogP contribution in [0.5, 0.6) is 0 Å². The molecule has 1 unspecified atom stereocenters. The summed E-state index contributed by atoms with van der Waals surface area (Å²) < 4.78 is 5.50.